The summed E-state index contributed by atoms with van der Waals surface area (Å²) in [7, 11) is 0. The smallest absolute Gasteiger partial charge is 0.300 e. The lowest BCUT2D eigenvalue weighted by atomic mass is 10.1. The van der Waals surface area contributed by atoms with Gasteiger partial charge in [0.15, 0.2) is 5.76 Å². The summed E-state index contributed by atoms with van der Waals surface area (Å²) in [5.41, 5.74) is 2.13. The standard InChI is InChI=1S/C19H27N3O2/c1-5-13-22-18(23)17(24-19(22)20-6-2)14-15-9-11-16(12-10-15)21(7-3)8-4/h9-12,14H,5-8,13H2,1-4H3/b17-14+,20-19?. The second-order valence-electron chi connectivity index (χ2n) is 5.59. The van der Waals surface area contributed by atoms with Crippen molar-refractivity contribution in [1.29, 1.82) is 0 Å². The monoisotopic (exact) mass is 329 g/mol. The Balaban J connectivity index is 2.21. The molecule has 1 amide bonds. The number of amides is 1. The van der Waals surface area contributed by atoms with E-state index in [1.54, 1.807) is 11.0 Å². The zero-order valence-corrected chi connectivity index (χ0v) is 15.1. The van der Waals surface area contributed by atoms with Crippen LogP contribution in [0.3, 0.4) is 0 Å². The molecule has 0 bridgehead atoms. The third-order valence-electron chi connectivity index (χ3n) is 3.95. The Hall–Kier alpha value is -2.30. The van der Waals surface area contributed by atoms with Crippen LogP contribution in [0.25, 0.3) is 6.08 Å². The van der Waals surface area contributed by atoms with Gasteiger partial charge in [-0.3, -0.25) is 9.69 Å². The molecule has 1 aliphatic rings. The summed E-state index contributed by atoms with van der Waals surface area (Å²) in [4.78, 5) is 20.7. The lowest BCUT2D eigenvalue weighted by Crippen LogP contribution is -2.30. The molecule has 1 fully saturated rings. The molecule has 1 saturated heterocycles. The molecular weight excluding hydrogens is 302 g/mol. The minimum absolute atomic E-state index is 0.114. The van der Waals surface area contributed by atoms with Crippen LogP contribution in [0.1, 0.15) is 39.7 Å². The van der Waals surface area contributed by atoms with Crippen LogP contribution in [0.4, 0.5) is 5.69 Å². The summed E-state index contributed by atoms with van der Waals surface area (Å²) < 4.78 is 5.68. The first-order chi connectivity index (χ1) is 11.6. The van der Waals surface area contributed by atoms with E-state index in [-0.39, 0.29) is 5.91 Å². The summed E-state index contributed by atoms with van der Waals surface area (Å²) in [6, 6.07) is 8.58. The Morgan fingerprint density at radius 1 is 1.12 bits per heavy atom. The van der Waals surface area contributed by atoms with Gasteiger partial charge in [0.2, 0.25) is 0 Å². The van der Waals surface area contributed by atoms with Crippen molar-refractivity contribution in [3.05, 3.63) is 35.6 Å². The van der Waals surface area contributed by atoms with Gasteiger partial charge in [0.05, 0.1) is 0 Å². The quantitative estimate of drug-likeness (QED) is 0.719. The minimum Gasteiger partial charge on any atom is -0.420 e. The van der Waals surface area contributed by atoms with Gasteiger partial charge < -0.3 is 9.64 Å². The van der Waals surface area contributed by atoms with Crippen molar-refractivity contribution in [3.8, 4) is 0 Å². The number of aliphatic imine (C=N–C) groups is 1. The molecular formula is C19H27N3O2. The molecule has 0 atom stereocenters. The van der Waals surface area contributed by atoms with E-state index >= 15 is 0 Å². The van der Waals surface area contributed by atoms with Crippen LogP contribution in [0.2, 0.25) is 0 Å². The average molecular weight is 329 g/mol. The van der Waals surface area contributed by atoms with Gasteiger partial charge in [0, 0.05) is 31.9 Å². The van der Waals surface area contributed by atoms with Crippen LogP contribution in [0, 0.1) is 0 Å². The van der Waals surface area contributed by atoms with Crippen LogP contribution < -0.4 is 4.90 Å². The molecule has 5 nitrogen and oxygen atoms in total. The molecule has 5 heteroatoms. The first kappa shape index (κ1) is 18.0. The number of carbonyl (C=O) groups is 1. The molecule has 0 saturated carbocycles. The number of amidine groups is 1. The van der Waals surface area contributed by atoms with Gasteiger partial charge in [-0.25, -0.2) is 4.99 Å². The molecule has 2 rings (SSSR count). The maximum atomic E-state index is 12.5. The van der Waals surface area contributed by atoms with E-state index in [1.807, 2.05) is 26.0 Å². The maximum absolute atomic E-state index is 12.5. The van der Waals surface area contributed by atoms with Crippen LogP contribution in [-0.4, -0.2) is 43.0 Å². The van der Waals surface area contributed by atoms with E-state index in [0.29, 0.717) is 24.9 Å². The predicted molar refractivity (Wildman–Crippen MR) is 99.0 cm³/mol. The van der Waals surface area contributed by atoms with Crippen LogP contribution in [0.15, 0.2) is 35.0 Å². The Labute approximate surface area is 144 Å². The van der Waals surface area contributed by atoms with Crippen molar-refractivity contribution < 1.29 is 9.53 Å². The molecule has 130 valence electrons. The molecule has 1 aromatic rings. The van der Waals surface area contributed by atoms with Crippen LogP contribution in [-0.2, 0) is 9.53 Å². The van der Waals surface area contributed by atoms with Gasteiger partial charge in [-0.1, -0.05) is 19.1 Å². The molecule has 1 aromatic carbocycles. The highest BCUT2D eigenvalue weighted by molar-refractivity contribution is 6.11. The predicted octanol–water partition coefficient (Wildman–Crippen LogP) is 3.52. The highest BCUT2D eigenvalue weighted by Crippen LogP contribution is 2.22. The van der Waals surface area contributed by atoms with Gasteiger partial charge in [0.25, 0.3) is 11.9 Å². The Morgan fingerprint density at radius 2 is 1.79 bits per heavy atom. The topological polar surface area (TPSA) is 45.1 Å². The van der Waals surface area contributed by atoms with Crippen molar-refractivity contribution in [3.63, 3.8) is 0 Å². The molecule has 0 spiro atoms. The second-order valence-corrected chi connectivity index (χ2v) is 5.59. The van der Waals surface area contributed by atoms with Crippen LogP contribution in [0.5, 0.6) is 0 Å². The number of ether oxygens (including phenoxy) is 1. The van der Waals surface area contributed by atoms with Crippen molar-refractivity contribution >= 4 is 23.7 Å². The van der Waals surface area contributed by atoms with Crippen molar-refractivity contribution in [2.45, 2.75) is 34.1 Å². The van der Waals surface area contributed by atoms with E-state index in [9.17, 15) is 4.79 Å². The molecule has 1 heterocycles. The Morgan fingerprint density at radius 3 is 2.33 bits per heavy atom. The first-order valence-corrected chi connectivity index (χ1v) is 8.75. The lowest BCUT2D eigenvalue weighted by molar-refractivity contribution is -0.122. The number of rotatable bonds is 7. The highest BCUT2D eigenvalue weighted by Gasteiger charge is 2.33. The van der Waals surface area contributed by atoms with E-state index in [4.69, 9.17) is 4.74 Å². The Kier molecular flexibility index (Phi) is 6.41. The van der Waals surface area contributed by atoms with E-state index < -0.39 is 0 Å². The van der Waals surface area contributed by atoms with E-state index in [2.05, 4.69) is 35.9 Å². The SMILES string of the molecule is CCCN1C(=O)/C(=C\c2ccc(N(CC)CC)cc2)OC1=NCC. The van der Waals surface area contributed by atoms with Gasteiger partial charge in [-0.15, -0.1) is 0 Å². The molecule has 0 aliphatic carbocycles. The second kappa shape index (κ2) is 8.52. The van der Waals surface area contributed by atoms with E-state index in [1.165, 1.54) is 5.69 Å². The van der Waals surface area contributed by atoms with Crippen LogP contribution >= 0.6 is 0 Å². The van der Waals surface area contributed by atoms with Gasteiger partial charge in [-0.05, 0) is 51.0 Å². The molecule has 24 heavy (non-hydrogen) atoms. The number of hydrogen-bond donors (Lipinski definition) is 0. The number of hydrogen-bond acceptors (Lipinski definition) is 4. The Bertz CT molecular complexity index is 616. The molecule has 0 radical (unpaired) electrons. The number of anilines is 1. The van der Waals surface area contributed by atoms with Crippen molar-refractivity contribution in [2.75, 3.05) is 31.1 Å². The summed E-state index contributed by atoms with van der Waals surface area (Å²) in [5.74, 6) is 0.225. The average Bonchev–Trinajstić information content (AvgIpc) is 2.87. The molecule has 1 aliphatic heterocycles. The van der Waals surface area contributed by atoms with Gasteiger partial charge in [0.1, 0.15) is 0 Å². The normalized spacial score (nSPS) is 17.7. The largest absolute Gasteiger partial charge is 0.420 e. The van der Waals surface area contributed by atoms with Gasteiger partial charge >= 0.3 is 0 Å². The maximum Gasteiger partial charge on any atom is 0.300 e. The molecule has 0 N–H and O–H groups in total. The first-order valence-electron chi connectivity index (χ1n) is 8.75. The van der Waals surface area contributed by atoms with Crippen molar-refractivity contribution in [2.24, 2.45) is 4.99 Å². The van der Waals surface area contributed by atoms with Crippen molar-refractivity contribution in [1.82, 2.24) is 4.90 Å². The number of nitrogens with zero attached hydrogens (tertiary/aromatic N) is 3. The third-order valence-corrected chi connectivity index (χ3v) is 3.95. The molecule has 0 unspecified atom stereocenters. The molecule has 0 aromatic heterocycles. The summed E-state index contributed by atoms with van der Waals surface area (Å²) in [5, 5.41) is 0. The van der Waals surface area contributed by atoms with E-state index in [0.717, 1.165) is 25.1 Å². The fraction of sp³-hybridized carbons (Fsp3) is 0.474. The third kappa shape index (κ3) is 3.96. The fourth-order valence-electron chi connectivity index (χ4n) is 2.70. The highest BCUT2D eigenvalue weighted by atomic mass is 16.5. The van der Waals surface area contributed by atoms with Gasteiger partial charge in [-0.2, -0.15) is 0 Å². The summed E-state index contributed by atoms with van der Waals surface area (Å²) >= 11 is 0. The fourth-order valence-corrected chi connectivity index (χ4v) is 2.70. The zero-order valence-electron chi connectivity index (χ0n) is 15.1. The summed E-state index contributed by atoms with van der Waals surface area (Å²) in [6.07, 6.45) is 2.65. The number of carbonyl (C=O) groups excluding carboxylic acids is 1. The summed E-state index contributed by atoms with van der Waals surface area (Å²) in [6.45, 7) is 11.4. The number of benzene rings is 1. The lowest BCUT2D eigenvalue weighted by Gasteiger charge is -2.20. The minimum atomic E-state index is -0.114. The zero-order chi connectivity index (χ0) is 17.5.